The predicted molar refractivity (Wildman–Crippen MR) is 122 cm³/mol. The number of hydrogen-bond acceptors (Lipinski definition) is 5. The number of nitrogens with zero attached hydrogens (tertiary/aromatic N) is 1. The van der Waals surface area contributed by atoms with E-state index < -0.39 is 11.9 Å². The topological polar surface area (TPSA) is 136 Å². The maximum atomic E-state index is 12.7. The van der Waals surface area contributed by atoms with Crippen LogP contribution in [0.15, 0.2) is 24.3 Å². The number of amides is 1. The molecule has 0 aliphatic carbocycles. The molecule has 0 atom stereocenters. The van der Waals surface area contributed by atoms with Crippen LogP contribution in [-0.2, 0) is 20.8 Å². The first kappa shape index (κ1) is 27.0. The zero-order valence-corrected chi connectivity index (χ0v) is 20.0. The monoisotopic (exact) mass is 445 g/mol. The number of carbonyl (C=O) groups excluding carboxylic acids is 2. The van der Waals surface area contributed by atoms with Crippen LogP contribution in [0.3, 0.4) is 0 Å². The molecule has 0 bridgehead atoms. The van der Waals surface area contributed by atoms with E-state index in [1.807, 2.05) is 31.2 Å². The second-order valence-electron chi connectivity index (χ2n) is 9.70. The molecule has 8 nitrogen and oxygen atoms in total. The molecular weight excluding hydrogens is 410 g/mol. The number of carboxylic acid groups (broad SMARTS) is 2. The van der Waals surface area contributed by atoms with Gasteiger partial charge in [-0.1, -0.05) is 45.9 Å². The molecule has 1 amide bonds. The Hall–Kier alpha value is -3.00. The third kappa shape index (κ3) is 8.63. The summed E-state index contributed by atoms with van der Waals surface area (Å²) in [5, 5.41) is 22.6. The Morgan fingerprint density at radius 1 is 1.12 bits per heavy atom. The summed E-state index contributed by atoms with van der Waals surface area (Å²) >= 11 is 0. The zero-order chi connectivity index (χ0) is 24.7. The minimum absolute atomic E-state index is 0.0273. The van der Waals surface area contributed by atoms with Crippen LogP contribution < -0.4 is 15.7 Å². The second kappa shape index (κ2) is 11.0. The number of anilines is 1. The van der Waals surface area contributed by atoms with Crippen LogP contribution in [0.2, 0.25) is 0 Å². The third-order valence-corrected chi connectivity index (χ3v) is 4.84. The predicted octanol–water partition coefficient (Wildman–Crippen LogP) is 1.64. The van der Waals surface area contributed by atoms with Gasteiger partial charge in [-0.15, -0.1) is 0 Å². The minimum Gasteiger partial charge on any atom is -0.539 e. The summed E-state index contributed by atoms with van der Waals surface area (Å²) in [6.07, 6.45) is 1.90. The average molecular weight is 446 g/mol. The van der Waals surface area contributed by atoms with Gasteiger partial charge in [0.25, 0.3) is 5.91 Å². The second-order valence-corrected chi connectivity index (χ2v) is 9.70. The lowest BCUT2D eigenvalue weighted by Gasteiger charge is -2.30. The van der Waals surface area contributed by atoms with E-state index in [1.165, 1.54) is 0 Å². The number of carboxylic acids is 2. The van der Waals surface area contributed by atoms with Crippen molar-refractivity contribution < 1.29 is 29.9 Å². The molecule has 2 rings (SSSR count). The molecule has 0 radical (unpaired) electrons. The van der Waals surface area contributed by atoms with Crippen LogP contribution in [0, 0.1) is 12.3 Å². The molecule has 0 aliphatic rings. The van der Waals surface area contributed by atoms with Gasteiger partial charge in [0.05, 0.1) is 16.7 Å². The van der Waals surface area contributed by atoms with Crippen LogP contribution in [0.1, 0.15) is 59.2 Å². The van der Waals surface area contributed by atoms with Crippen LogP contribution >= 0.6 is 0 Å². The first-order valence-corrected chi connectivity index (χ1v) is 10.6. The van der Waals surface area contributed by atoms with E-state index in [-0.39, 0.29) is 16.9 Å². The van der Waals surface area contributed by atoms with E-state index in [9.17, 15) is 4.79 Å². The number of rotatable bonds is 6. The van der Waals surface area contributed by atoms with Crippen molar-refractivity contribution in [2.75, 3.05) is 11.9 Å². The molecule has 0 unspecified atom stereocenters. The van der Waals surface area contributed by atoms with Gasteiger partial charge in [0.1, 0.15) is 0 Å². The van der Waals surface area contributed by atoms with Gasteiger partial charge in [0.15, 0.2) is 12.5 Å². The molecule has 0 saturated carbocycles. The standard InChI is InChI=1S/C22H33N3O.C2H2O4/c1-8-17-15(2)20(16-11-9-10-12-18(16)24-17)25-19(26)13-23-22(6,7)14-21(3,4)5;3-1(4)2(5)6/h9-12,23H,8,13-14H2,1-7H3,(H,24,25,26);(H,3,4)(H,5,6). The summed E-state index contributed by atoms with van der Waals surface area (Å²) in [4.78, 5) is 35.4. The van der Waals surface area contributed by atoms with Gasteiger partial charge < -0.3 is 25.6 Å². The fraction of sp³-hybridized carbons (Fsp3) is 0.500. The smallest absolute Gasteiger partial charge is 0.351 e. The summed E-state index contributed by atoms with van der Waals surface area (Å²) in [5.74, 6) is -3.97. The van der Waals surface area contributed by atoms with Gasteiger partial charge >= 0.3 is 5.97 Å². The van der Waals surface area contributed by atoms with Gasteiger partial charge in [0.2, 0.25) is 0 Å². The molecule has 1 heterocycles. The molecule has 32 heavy (non-hydrogen) atoms. The average Bonchev–Trinajstić information content (AvgIpc) is 2.67. The quantitative estimate of drug-likeness (QED) is 0.578. The molecular formula is C24H35N3O5. The highest BCUT2D eigenvalue weighted by atomic mass is 16.4. The fourth-order valence-corrected chi connectivity index (χ4v) is 3.86. The summed E-state index contributed by atoms with van der Waals surface area (Å²) in [6.45, 7) is 15.7. The van der Waals surface area contributed by atoms with Gasteiger partial charge in [-0.2, -0.15) is 0 Å². The van der Waals surface area contributed by atoms with Crippen molar-refractivity contribution in [1.29, 1.82) is 0 Å². The first-order valence-electron chi connectivity index (χ1n) is 10.6. The third-order valence-electron chi connectivity index (χ3n) is 4.84. The number of aromatic nitrogens is 1. The zero-order valence-electron chi connectivity index (χ0n) is 20.0. The number of carbonyl (C=O) groups is 3. The Labute approximate surface area is 189 Å². The minimum atomic E-state index is -2.07. The molecule has 0 saturated heterocycles. The Balaban J connectivity index is 0.000000751. The number of para-hydroxylation sites is 1. The molecule has 1 aromatic heterocycles. The van der Waals surface area contributed by atoms with Crippen molar-refractivity contribution in [1.82, 2.24) is 4.98 Å². The number of aryl methyl sites for hydroxylation is 1. The van der Waals surface area contributed by atoms with E-state index in [0.717, 1.165) is 40.7 Å². The number of aliphatic carboxylic acids is 2. The first-order chi connectivity index (χ1) is 14.7. The van der Waals surface area contributed by atoms with Crippen LogP contribution in [0.4, 0.5) is 5.69 Å². The number of nitrogens with two attached hydrogens (primary N) is 1. The van der Waals surface area contributed by atoms with Crippen molar-refractivity contribution in [3.63, 3.8) is 0 Å². The summed E-state index contributed by atoms with van der Waals surface area (Å²) in [5.41, 5.74) is 4.20. The fourth-order valence-electron chi connectivity index (χ4n) is 3.86. The SMILES string of the molecule is CCc1nc2ccccc2c(NC(=O)C[NH2+]C(C)(C)CC(C)(C)C)c1C.O=C([O-])C(=O)O. The molecule has 0 aliphatic heterocycles. The maximum absolute atomic E-state index is 12.7. The molecule has 8 heteroatoms. The highest BCUT2D eigenvalue weighted by Crippen LogP contribution is 2.28. The summed E-state index contributed by atoms with van der Waals surface area (Å²) in [6, 6.07) is 8.00. The molecule has 0 spiro atoms. The highest BCUT2D eigenvalue weighted by molar-refractivity contribution is 6.26. The van der Waals surface area contributed by atoms with Crippen LogP contribution in [0.5, 0.6) is 0 Å². The van der Waals surface area contributed by atoms with Gasteiger partial charge in [-0.05, 0) is 44.2 Å². The number of fused-ring (bicyclic) bond motifs is 1. The van der Waals surface area contributed by atoms with E-state index in [2.05, 4.69) is 52.2 Å². The van der Waals surface area contributed by atoms with E-state index in [4.69, 9.17) is 24.8 Å². The normalized spacial score (nSPS) is 11.5. The van der Waals surface area contributed by atoms with Crippen LogP contribution in [-0.4, -0.2) is 40.0 Å². The van der Waals surface area contributed by atoms with Gasteiger partial charge in [-0.25, -0.2) is 4.79 Å². The van der Waals surface area contributed by atoms with Crippen molar-refractivity contribution in [2.45, 2.75) is 66.8 Å². The lowest BCUT2D eigenvalue weighted by Crippen LogP contribution is -2.97. The van der Waals surface area contributed by atoms with E-state index in [0.29, 0.717) is 6.54 Å². The molecule has 0 fully saturated rings. The summed E-state index contributed by atoms with van der Waals surface area (Å²) < 4.78 is 0. The molecule has 1 aromatic carbocycles. The Kier molecular flexibility index (Phi) is 9.33. The van der Waals surface area contributed by atoms with E-state index >= 15 is 0 Å². The highest BCUT2D eigenvalue weighted by Gasteiger charge is 2.29. The van der Waals surface area contributed by atoms with E-state index in [1.54, 1.807) is 0 Å². The Bertz CT molecular complexity index is 965. The van der Waals surface area contributed by atoms with Crippen molar-refractivity contribution in [3.8, 4) is 0 Å². The number of pyridine rings is 1. The molecule has 176 valence electrons. The maximum Gasteiger partial charge on any atom is 0.351 e. The number of quaternary nitrogens is 1. The summed E-state index contributed by atoms with van der Waals surface area (Å²) in [7, 11) is 0. The van der Waals surface area contributed by atoms with Crippen molar-refractivity contribution in [3.05, 3.63) is 35.5 Å². The van der Waals surface area contributed by atoms with Gasteiger partial charge in [0, 0.05) is 17.5 Å². The number of benzene rings is 1. The number of nitrogens with one attached hydrogen (secondary N) is 1. The Morgan fingerprint density at radius 2 is 1.69 bits per heavy atom. The largest absolute Gasteiger partial charge is 0.539 e. The Morgan fingerprint density at radius 3 is 2.19 bits per heavy atom. The number of hydrogen-bond donors (Lipinski definition) is 3. The molecule has 2 aromatic rings. The van der Waals surface area contributed by atoms with Gasteiger partial charge in [-0.3, -0.25) is 9.78 Å². The lowest BCUT2D eigenvalue weighted by atomic mass is 9.82. The lowest BCUT2D eigenvalue weighted by molar-refractivity contribution is -0.713. The van der Waals surface area contributed by atoms with Crippen molar-refractivity contribution >= 4 is 34.4 Å². The van der Waals surface area contributed by atoms with Crippen molar-refractivity contribution in [2.24, 2.45) is 5.41 Å². The molecule has 4 N–H and O–H groups in total. The van der Waals surface area contributed by atoms with Crippen LogP contribution in [0.25, 0.3) is 10.9 Å².